The van der Waals surface area contributed by atoms with Crippen LogP contribution in [0.4, 0.5) is 0 Å². The Hall–Kier alpha value is -0.450. The second kappa shape index (κ2) is 5.75. The first-order valence-electron chi connectivity index (χ1n) is 6.04. The Morgan fingerprint density at radius 2 is 2.56 bits per heavy atom. The summed E-state index contributed by atoms with van der Waals surface area (Å²) in [4.78, 5) is 5.70. The molecule has 3 nitrogen and oxygen atoms in total. The summed E-state index contributed by atoms with van der Waals surface area (Å²) in [5.41, 5.74) is 0. The third-order valence-electron chi connectivity index (χ3n) is 3.17. The number of hydrogen-bond donors (Lipinski definition) is 1. The zero-order valence-corrected chi connectivity index (χ0v) is 10.8. The average Bonchev–Trinajstić information content (AvgIpc) is 2.96. The summed E-state index contributed by atoms with van der Waals surface area (Å²) < 4.78 is 5.40. The Balaban J connectivity index is 1.77. The van der Waals surface area contributed by atoms with E-state index in [1.807, 2.05) is 17.5 Å². The van der Waals surface area contributed by atoms with Crippen LogP contribution >= 0.6 is 11.3 Å². The number of nitrogens with one attached hydrogen (secondary N) is 1. The number of thiazole rings is 1. The molecule has 0 saturated carbocycles. The molecule has 0 bridgehead atoms. The van der Waals surface area contributed by atoms with E-state index in [-0.39, 0.29) is 0 Å². The molecule has 0 spiro atoms. The molecule has 2 unspecified atom stereocenters. The van der Waals surface area contributed by atoms with E-state index >= 15 is 0 Å². The summed E-state index contributed by atoms with van der Waals surface area (Å²) in [5.74, 6) is 0.679. The van der Waals surface area contributed by atoms with E-state index in [9.17, 15) is 0 Å². The van der Waals surface area contributed by atoms with Crippen LogP contribution in [0.15, 0.2) is 6.20 Å². The molecule has 1 N–H and O–H groups in total. The monoisotopic (exact) mass is 240 g/mol. The fraction of sp³-hybridized carbons (Fsp3) is 0.750. The molecule has 90 valence electrons. The van der Waals surface area contributed by atoms with Crippen LogP contribution in [0.5, 0.6) is 0 Å². The van der Waals surface area contributed by atoms with Gasteiger partial charge in [-0.3, -0.25) is 0 Å². The van der Waals surface area contributed by atoms with Crippen molar-refractivity contribution in [1.29, 1.82) is 0 Å². The second-order valence-corrected chi connectivity index (χ2v) is 5.57. The van der Waals surface area contributed by atoms with Crippen molar-refractivity contribution in [3.63, 3.8) is 0 Å². The Labute approximate surface area is 101 Å². The van der Waals surface area contributed by atoms with Gasteiger partial charge in [0.1, 0.15) is 0 Å². The number of aryl methyl sites for hydroxylation is 1. The van der Waals surface area contributed by atoms with E-state index in [0.717, 1.165) is 26.2 Å². The zero-order valence-electron chi connectivity index (χ0n) is 10.0. The molecule has 0 amide bonds. The summed E-state index contributed by atoms with van der Waals surface area (Å²) in [5, 5.41) is 4.80. The molecular formula is C12H20N2OS. The lowest BCUT2D eigenvalue weighted by Gasteiger charge is -2.18. The van der Waals surface area contributed by atoms with Crippen LogP contribution in [0.3, 0.4) is 0 Å². The Kier molecular flexibility index (Phi) is 4.32. The molecule has 0 aliphatic carbocycles. The van der Waals surface area contributed by atoms with E-state index in [0.29, 0.717) is 12.0 Å². The predicted molar refractivity (Wildman–Crippen MR) is 66.7 cm³/mol. The number of hydrogen-bond acceptors (Lipinski definition) is 4. The highest BCUT2D eigenvalue weighted by Crippen LogP contribution is 2.18. The van der Waals surface area contributed by atoms with Crippen LogP contribution in [0.25, 0.3) is 0 Å². The first-order chi connectivity index (χ1) is 7.79. The van der Waals surface area contributed by atoms with Crippen LogP contribution < -0.4 is 5.32 Å². The van der Waals surface area contributed by atoms with Gasteiger partial charge in [-0.2, -0.15) is 0 Å². The van der Waals surface area contributed by atoms with E-state index in [4.69, 9.17) is 4.74 Å². The Bertz CT molecular complexity index is 321. The maximum absolute atomic E-state index is 5.40. The van der Waals surface area contributed by atoms with Gasteiger partial charge >= 0.3 is 0 Å². The molecule has 2 atom stereocenters. The molecule has 1 fully saturated rings. The van der Waals surface area contributed by atoms with Crippen molar-refractivity contribution in [2.45, 2.75) is 39.3 Å². The number of rotatable bonds is 5. The van der Waals surface area contributed by atoms with Crippen molar-refractivity contribution >= 4 is 11.3 Å². The molecule has 4 heteroatoms. The Morgan fingerprint density at radius 3 is 3.19 bits per heavy atom. The third-order valence-corrected chi connectivity index (χ3v) is 4.32. The summed E-state index contributed by atoms with van der Waals surface area (Å²) in [6.07, 6.45) is 4.22. The van der Waals surface area contributed by atoms with E-state index in [2.05, 4.69) is 24.1 Å². The third kappa shape index (κ3) is 3.03. The first kappa shape index (κ1) is 12.0. The lowest BCUT2D eigenvalue weighted by Crippen LogP contribution is -2.33. The predicted octanol–water partition coefficient (Wildman–Crippen LogP) is 2.22. The summed E-state index contributed by atoms with van der Waals surface area (Å²) >= 11 is 1.81. The standard InChI is InChI=1S/C12H20N2OS/c1-3-12-14-7-11(16-12)6-13-9(2)10-4-5-15-8-10/h7,9-10,13H,3-6,8H2,1-2H3. The van der Waals surface area contributed by atoms with Gasteiger partial charge in [0.2, 0.25) is 0 Å². The molecule has 2 rings (SSSR count). The topological polar surface area (TPSA) is 34.2 Å². The highest BCUT2D eigenvalue weighted by molar-refractivity contribution is 7.11. The fourth-order valence-corrected chi connectivity index (χ4v) is 2.78. The maximum Gasteiger partial charge on any atom is 0.0925 e. The molecule has 16 heavy (non-hydrogen) atoms. The smallest absolute Gasteiger partial charge is 0.0925 e. The van der Waals surface area contributed by atoms with Crippen LogP contribution in [0, 0.1) is 5.92 Å². The van der Waals surface area contributed by atoms with Crippen molar-refractivity contribution in [2.24, 2.45) is 5.92 Å². The number of ether oxygens (including phenoxy) is 1. The van der Waals surface area contributed by atoms with E-state index in [1.165, 1.54) is 16.3 Å². The fourth-order valence-electron chi connectivity index (χ4n) is 1.97. The highest BCUT2D eigenvalue weighted by Gasteiger charge is 2.21. The molecular weight excluding hydrogens is 220 g/mol. The van der Waals surface area contributed by atoms with Gasteiger partial charge in [-0.25, -0.2) is 4.98 Å². The minimum Gasteiger partial charge on any atom is -0.381 e. The van der Waals surface area contributed by atoms with Gasteiger partial charge in [0, 0.05) is 30.3 Å². The van der Waals surface area contributed by atoms with Gasteiger partial charge in [0.15, 0.2) is 0 Å². The van der Waals surface area contributed by atoms with Crippen molar-refractivity contribution in [1.82, 2.24) is 10.3 Å². The molecule has 2 heterocycles. The van der Waals surface area contributed by atoms with Crippen molar-refractivity contribution < 1.29 is 4.74 Å². The van der Waals surface area contributed by atoms with E-state index < -0.39 is 0 Å². The minimum absolute atomic E-state index is 0.537. The van der Waals surface area contributed by atoms with Crippen LogP contribution in [-0.4, -0.2) is 24.2 Å². The molecule has 1 aromatic heterocycles. The maximum atomic E-state index is 5.40. The van der Waals surface area contributed by atoms with Crippen LogP contribution in [0.2, 0.25) is 0 Å². The highest BCUT2D eigenvalue weighted by atomic mass is 32.1. The van der Waals surface area contributed by atoms with Crippen molar-refractivity contribution in [2.75, 3.05) is 13.2 Å². The normalized spacial score (nSPS) is 22.5. The molecule has 1 aliphatic rings. The molecule has 1 aliphatic heterocycles. The largest absolute Gasteiger partial charge is 0.381 e. The van der Waals surface area contributed by atoms with Gasteiger partial charge in [0.25, 0.3) is 0 Å². The lowest BCUT2D eigenvalue weighted by atomic mass is 10.0. The van der Waals surface area contributed by atoms with Gasteiger partial charge in [-0.05, 0) is 25.7 Å². The number of aromatic nitrogens is 1. The van der Waals surface area contributed by atoms with Gasteiger partial charge in [-0.1, -0.05) is 6.92 Å². The van der Waals surface area contributed by atoms with Gasteiger partial charge in [-0.15, -0.1) is 11.3 Å². The van der Waals surface area contributed by atoms with Crippen LogP contribution in [0.1, 0.15) is 30.2 Å². The lowest BCUT2D eigenvalue weighted by molar-refractivity contribution is 0.178. The minimum atomic E-state index is 0.537. The molecule has 0 aromatic carbocycles. The molecule has 0 radical (unpaired) electrons. The molecule has 1 aromatic rings. The zero-order chi connectivity index (χ0) is 11.4. The molecule has 1 saturated heterocycles. The SMILES string of the molecule is CCc1ncc(CNC(C)C2CCOC2)s1. The summed E-state index contributed by atoms with van der Waals surface area (Å²) in [6, 6.07) is 0.537. The van der Waals surface area contributed by atoms with Crippen molar-refractivity contribution in [3.8, 4) is 0 Å². The van der Waals surface area contributed by atoms with Gasteiger partial charge < -0.3 is 10.1 Å². The second-order valence-electron chi connectivity index (χ2n) is 4.37. The average molecular weight is 240 g/mol. The summed E-state index contributed by atoms with van der Waals surface area (Å²) in [6.45, 7) is 7.18. The number of nitrogens with zero attached hydrogens (tertiary/aromatic N) is 1. The van der Waals surface area contributed by atoms with E-state index in [1.54, 1.807) is 0 Å². The quantitative estimate of drug-likeness (QED) is 0.857. The summed E-state index contributed by atoms with van der Waals surface area (Å²) in [7, 11) is 0. The van der Waals surface area contributed by atoms with Crippen molar-refractivity contribution in [3.05, 3.63) is 16.1 Å². The van der Waals surface area contributed by atoms with Crippen LogP contribution in [-0.2, 0) is 17.7 Å². The first-order valence-corrected chi connectivity index (χ1v) is 6.86. The van der Waals surface area contributed by atoms with Gasteiger partial charge in [0.05, 0.1) is 11.6 Å². The Morgan fingerprint density at radius 1 is 1.69 bits per heavy atom.